The van der Waals surface area contributed by atoms with Crippen LogP contribution in [0.15, 0.2) is 23.1 Å². The molecule has 0 aliphatic rings. The second kappa shape index (κ2) is 6.74. The fourth-order valence-electron chi connectivity index (χ4n) is 2.52. The van der Waals surface area contributed by atoms with Crippen LogP contribution in [0, 0.1) is 20.8 Å². The molecule has 2 rings (SSSR count). The van der Waals surface area contributed by atoms with E-state index in [1.807, 2.05) is 20.9 Å². The van der Waals surface area contributed by atoms with E-state index >= 15 is 0 Å². The number of nitrogens with one attached hydrogen (secondary N) is 2. The van der Waals surface area contributed by atoms with Crippen LogP contribution in [0.4, 0.5) is 5.69 Å². The third-order valence-electron chi connectivity index (χ3n) is 4.03. The standard InChI is InChI=1S/C16H22N4O3S/c1-10-6-7-13(8-15(10)24(22,23)17-4)18-16(21)9-14-11(2)19-20(5)12(14)3/h6-8,17H,9H2,1-5H3,(H,18,21). The molecule has 0 atom stereocenters. The van der Waals surface area contributed by atoms with Crippen LogP contribution < -0.4 is 10.0 Å². The number of hydrogen-bond donors (Lipinski definition) is 2. The van der Waals surface area contributed by atoms with Gasteiger partial charge in [0.15, 0.2) is 0 Å². The number of anilines is 1. The number of amides is 1. The molecule has 1 heterocycles. The molecular weight excluding hydrogens is 328 g/mol. The number of carbonyl (C=O) groups is 1. The predicted molar refractivity (Wildman–Crippen MR) is 92.4 cm³/mol. The van der Waals surface area contributed by atoms with Crippen LogP contribution in [0.3, 0.4) is 0 Å². The molecule has 0 aliphatic carbocycles. The molecule has 0 bridgehead atoms. The molecule has 0 saturated heterocycles. The third-order valence-corrected chi connectivity index (χ3v) is 5.58. The van der Waals surface area contributed by atoms with Crippen molar-refractivity contribution in [3.8, 4) is 0 Å². The van der Waals surface area contributed by atoms with Gasteiger partial charge in [0.2, 0.25) is 15.9 Å². The Bertz CT molecular complexity index is 885. The lowest BCUT2D eigenvalue weighted by Gasteiger charge is -2.10. The van der Waals surface area contributed by atoms with E-state index in [0.717, 1.165) is 17.0 Å². The Balaban J connectivity index is 2.22. The maximum Gasteiger partial charge on any atom is 0.240 e. The van der Waals surface area contributed by atoms with Gasteiger partial charge in [-0.3, -0.25) is 9.48 Å². The molecule has 0 aliphatic heterocycles. The van der Waals surface area contributed by atoms with Crippen LogP contribution in [0.25, 0.3) is 0 Å². The van der Waals surface area contributed by atoms with Crippen LogP contribution in [-0.2, 0) is 28.3 Å². The first-order valence-electron chi connectivity index (χ1n) is 7.49. The zero-order chi connectivity index (χ0) is 18.1. The van der Waals surface area contributed by atoms with E-state index < -0.39 is 10.0 Å². The molecule has 7 nitrogen and oxygen atoms in total. The van der Waals surface area contributed by atoms with Gasteiger partial charge in [-0.2, -0.15) is 5.10 Å². The van der Waals surface area contributed by atoms with E-state index in [-0.39, 0.29) is 17.2 Å². The normalized spacial score (nSPS) is 11.5. The van der Waals surface area contributed by atoms with Crippen molar-refractivity contribution in [2.45, 2.75) is 32.1 Å². The molecule has 1 aromatic carbocycles. The summed E-state index contributed by atoms with van der Waals surface area (Å²) in [5, 5.41) is 7.04. The molecule has 0 radical (unpaired) electrons. The summed E-state index contributed by atoms with van der Waals surface area (Å²) in [5.74, 6) is -0.217. The number of aryl methyl sites for hydroxylation is 3. The van der Waals surface area contributed by atoms with Crippen molar-refractivity contribution in [2.75, 3.05) is 12.4 Å². The summed E-state index contributed by atoms with van der Waals surface area (Å²) in [6, 6.07) is 4.81. The van der Waals surface area contributed by atoms with Crippen LogP contribution in [0.2, 0.25) is 0 Å². The van der Waals surface area contributed by atoms with Crippen LogP contribution >= 0.6 is 0 Å². The van der Waals surface area contributed by atoms with E-state index in [1.54, 1.807) is 23.7 Å². The van der Waals surface area contributed by atoms with Crippen LogP contribution in [0.5, 0.6) is 0 Å². The van der Waals surface area contributed by atoms with Gasteiger partial charge in [0.05, 0.1) is 17.0 Å². The summed E-state index contributed by atoms with van der Waals surface area (Å²) in [4.78, 5) is 12.4. The zero-order valence-electron chi connectivity index (χ0n) is 14.5. The molecular formula is C16H22N4O3S. The Labute approximate surface area is 142 Å². The maximum absolute atomic E-state index is 12.3. The zero-order valence-corrected chi connectivity index (χ0v) is 15.3. The lowest BCUT2D eigenvalue weighted by molar-refractivity contribution is -0.115. The highest BCUT2D eigenvalue weighted by Gasteiger charge is 2.17. The molecule has 24 heavy (non-hydrogen) atoms. The molecule has 0 fully saturated rings. The lowest BCUT2D eigenvalue weighted by Crippen LogP contribution is -2.20. The van der Waals surface area contributed by atoms with Gasteiger partial charge in [0.1, 0.15) is 0 Å². The lowest BCUT2D eigenvalue weighted by atomic mass is 10.1. The molecule has 0 saturated carbocycles. The van der Waals surface area contributed by atoms with E-state index in [4.69, 9.17) is 0 Å². The maximum atomic E-state index is 12.3. The molecule has 1 aromatic heterocycles. The average molecular weight is 350 g/mol. The van der Waals surface area contributed by atoms with Gasteiger partial charge in [0.25, 0.3) is 0 Å². The van der Waals surface area contributed by atoms with Crippen molar-refractivity contribution >= 4 is 21.6 Å². The third kappa shape index (κ3) is 3.65. The molecule has 1 amide bonds. The van der Waals surface area contributed by atoms with Crippen molar-refractivity contribution in [1.82, 2.24) is 14.5 Å². The average Bonchev–Trinajstić information content (AvgIpc) is 2.75. The summed E-state index contributed by atoms with van der Waals surface area (Å²) < 4.78 is 28.0. The van der Waals surface area contributed by atoms with Gasteiger partial charge < -0.3 is 5.32 Å². The first kappa shape index (κ1) is 18.2. The van der Waals surface area contributed by atoms with E-state index in [2.05, 4.69) is 15.1 Å². The number of rotatable bonds is 5. The molecule has 2 aromatic rings. The summed E-state index contributed by atoms with van der Waals surface area (Å²) in [7, 11) is -0.384. The number of nitrogens with zero attached hydrogens (tertiary/aromatic N) is 2. The van der Waals surface area contributed by atoms with E-state index in [9.17, 15) is 13.2 Å². The van der Waals surface area contributed by atoms with Gasteiger partial charge >= 0.3 is 0 Å². The molecule has 2 N–H and O–H groups in total. The predicted octanol–water partition coefficient (Wildman–Crippen LogP) is 1.43. The smallest absolute Gasteiger partial charge is 0.240 e. The second-order valence-electron chi connectivity index (χ2n) is 5.69. The highest BCUT2D eigenvalue weighted by Crippen LogP contribution is 2.20. The van der Waals surface area contributed by atoms with Crippen molar-refractivity contribution in [2.24, 2.45) is 7.05 Å². The number of sulfonamides is 1. The van der Waals surface area contributed by atoms with Crippen molar-refractivity contribution in [3.05, 3.63) is 40.7 Å². The number of carbonyl (C=O) groups excluding carboxylic acids is 1. The summed E-state index contributed by atoms with van der Waals surface area (Å²) in [6.07, 6.45) is 0.188. The van der Waals surface area contributed by atoms with Gasteiger partial charge in [0, 0.05) is 24.0 Å². The monoisotopic (exact) mass is 350 g/mol. The summed E-state index contributed by atoms with van der Waals surface area (Å²) >= 11 is 0. The number of aromatic nitrogens is 2. The Morgan fingerprint density at radius 3 is 2.46 bits per heavy atom. The van der Waals surface area contributed by atoms with E-state index in [1.165, 1.54) is 13.1 Å². The van der Waals surface area contributed by atoms with Gasteiger partial charge in [-0.15, -0.1) is 0 Å². The Hall–Kier alpha value is -2.19. The SMILES string of the molecule is CNS(=O)(=O)c1cc(NC(=O)Cc2c(C)nn(C)c2C)ccc1C. The van der Waals surface area contributed by atoms with Crippen molar-refractivity contribution in [1.29, 1.82) is 0 Å². The van der Waals surface area contributed by atoms with Gasteiger partial charge in [-0.1, -0.05) is 6.07 Å². The largest absolute Gasteiger partial charge is 0.326 e. The Morgan fingerprint density at radius 2 is 1.92 bits per heavy atom. The van der Waals surface area contributed by atoms with Crippen LogP contribution in [-0.4, -0.2) is 31.2 Å². The summed E-state index contributed by atoms with van der Waals surface area (Å²) in [5.41, 5.74) is 3.68. The molecule has 8 heteroatoms. The van der Waals surface area contributed by atoms with E-state index in [0.29, 0.717) is 11.3 Å². The fourth-order valence-corrected chi connectivity index (χ4v) is 3.51. The highest BCUT2D eigenvalue weighted by molar-refractivity contribution is 7.89. The Kier molecular flexibility index (Phi) is 5.10. The molecule has 130 valence electrons. The number of hydrogen-bond acceptors (Lipinski definition) is 4. The second-order valence-corrected chi connectivity index (χ2v) is 7.54. The fraction of sp³-hybridized carbons (Fsp3) is 0.375. The highest BCUT2D eigenvalue weighted by atomic mass is 32.2. The minimum Gasteiger partial charge on any atom is -0.326 e. The number of benzene rings is 1. The molecule has 0 spiro atoms. The summed E-state index contributed by atoms with van der Waals surface area (Å²) in [6.45, 7) is 5.48. The molecule has 0 unspecified atom stereocenters. The quantitative estimate of drug-likeness (QED) is 0.853. The van der Waals surface area contributed by atoms with Crippen molar-refractivity contribution < 1.29 is 13.2 Å². The van der Waals surface area contributed by atoms with Crippen molar-refractivity contribution in [3.63, 3.8) is 0 Å². The first-order valence-corrected chi connectivity index (χ1v) is 8.97. The minimum atomic E-state index is -3.57. The minimum absolute atomic E-state index is 0.150. The Morgan fingerprint density at radius 1 is 1.25 bits per heavy atom. The first-order chi connectivity index (χ1) is 11.2. The van der Waals surface area contributed by atoms with Crippen LogP contribution in [0.1, 0.15) is 22.5 Å². The van der Waals surface area contributed by atoms with Gasteiger partial charge in [-0.25, -0.2) is 13.1 Å². The topological polar surface area (TPSA) is 93.1 Å². The van der Waals surface area contributed by atoms with Gasteiger partial charge in [-0.05, 0) is 45.5 Å².